The van der Waals surface area contributed by atoms with Crippen LogP contribution < -0.4 is 10.2 Å². The molecule has 0 saturated heterocycles. The van der Waals surface area contributed by atoms with Gasteiger partial charge in [0.25, 0.3) is 5.91 Å². The maximum absolute atomic E-state index is 12.1. The molecule has 2 rings (SSSR count). The van der Waals surface area contributed by atoms with Gasteiger partial charge in [0.05, 0.1) is 12.8 Å². The highest BCUT2D eigenvalue weighted by Gasteiger charge is 2.05. The van der Waals surface area contributed by atoms with Gasteiger partial charge >= 0.3 is 0 Å². The summed E-state index contributed by atoms with van der Waals surface area (Å²) in [5, 5.41) is 4.17. The molecule has 0 aliphatic rings. The number of nitrogens with one attached hydrogen (secondary N) is 1. The van der Waals surface area contributed by atoms with Crippen LogP contribution in [0.1, 0.15) is 41.8 Å². The first-order valence-electron chi connectivity index (χ1n) is 7.72. The maximum atomic E-state index is 12.1. The normalized spacial score (nSPS) is 11.2. The monoisotopic (exact) mass is 310 g/mol. The van der Waals surface area contributed by atoms with Crippen molar-refractivity contribution in [3.8, 4) is 5.75 Å². The summed E-state index contributed by atoms with van der Waals surface area (Å²) in [5.41, 5.74) is 6.21. The predicted molar refractivity (Wildman–Crippen MR) is 93.1 cm³/mol. The Morgan fingerprint density at radius 1 is 1.04 bits per heavy atom. The second kappa shape index (κ2) is 8.13. The molecule has 0 spiro atoms. The van der Waals surface area contributed by atoms with Crippen molar-refractivity contribution in [3.63, 3.8) is 0 Å². The number of hydrazone groups is 1. The number of nitrogens with zero attached hydrogens (tertiary/aromatic N) is 1. The molecule has 0 aromatic heterocycles. The number of hydrogen-bond acceptors (Lipinski definition) is 3. The van der Waals surface area contributed by atoms with Crippen molar-refractivity contribution in [1.29, 1.82) is 0 Å². The first kappa shape index (κ1) is 16.7. The van der Waals surface area contributed by atoms with E-state index < -0.39 is 0 Å². The van der Waals surface area contributed by atoms with Gasteiger partial charge < -0.3 is 4.74 Å². The van der Waals surface area contributed by atoms with Gasteiger partial charge in [-0.15, -0.1) is 0 Å². The molecule has 2 aromatic carbocycles. The minimum absolute atomic E-state index is 0.241. The summed E-state index contributed by atoms with van der Waals surface area (Å²) in [7, 11) is 1.59. The summed E-state index contributed by atoms with van der Waals surface area (Å²) in [5.74, 6) is 0.475. The molecule has 4 nitrogen and oxygen atoms in total. The molecular formula is C19H22N2O2. The van der Waals surface area contributed by atoms with Crippen LogP contribution in [0.3, 0.4) is 0 Å². The molecule has 4 heteroatoms. The molecule has 0 unspecified atom stereocenters. The smallest absolute Gasteiger partial charge is 0.271 e. The van der Waals surface area contributed by atoms with Crippen LogP contribution in [0.5, 0.6) is 5.75 Å². The van der Waals surface area contributed by atoms with Crippen molar-refractivity contribution >= 4 is 11.6 Å². The summed E-state index contributed by atoms with van der Waals surface area (Å²) < 4.78 is 5.07. The van der Waals surface area contributed by atoms with E-state index in [1.807, 2.05) is 19.1 Å². The van der Waals surface area contributed by atoms with E-state index in [1.165, 1.54) is 5.56 Å². The zero-order valence-corrected chi connectivity index (χ0v) is 13.8. The molecule has 0 atom stereocenters. The number of rotatable bonds is 6. The Morgan fingerprint density at radius 2 is 1.65 bits per heavy atom. The summed E-state index contributed by atoms with van der Waals surface area (Å²) in [4.78, 5) is 12.1. The first-order chi connectivity index (χ1) is 11.1. The fourth-order valence-corrected chi connectivity index (χ4v) is 2.21. The fraction of sp³-hybridized carbons (Fsp3) is 0.263. The highest BCUT2D eigenvalue weighted by molar-refractivity contribution is 6.00. The van der Waals surface area contributed by atoms with Crippen molar-refractivity contribution in [2.45, 2.75) is 26.7 Å². The second-order valence-corrected chi connectivity index (χ2v) is 5.31. The SMILES string of the molecule is CCCc1ccc(/C(C)=N/NC(=O)c2ccc(OC)cc2)cc1. The largest absolute Gasteiger partial charge is 0.497 e. The minimum atomic E-state index is -0.241. The highest BCUT2D eigenvalue weighted by atomic mass is 16.5. The molecule has 0 heterocycles. The van der Waals surface area contributed by atoms with E-state index >= 15 is 0 Å². The first-order valence-corrected chi connectivity index (χ1v) is 7.72. The van der Waals surface area contributed by atoms with Gasteiger partial charge in [-0.1, -0.05) is 37.6 Å². The minimum Gasteiger partial charge on any atom is -0.497 e. The number of carbonyl (C=O) groups excluding carboxylic acids is 1. The van der Waals surface area contributed by atoms with Gasteiger partial charge in [-0.3, -0.25) is 4.79 Å². The summed E-state index contributed by atoms with van der Waals surface area (Å²) >= 11 is 0. The second-order valence-electron chi connectivity index (χ2n) is 5.31. The van der Waals surface area contributed by atoms with Crippen molar-refractivity contribution in [1.82, 2.24) is 5.43 Å². The third kappa shape index (κ3) is 4.68. The predicted octanol–water partition coefficient (Wildman–Crippen LogP) is 3.80. The van der Waals surface area contributed by atoms with Crippen LogP contribution in [0.2, 0.25) is 0 Å². The summed E-state index contributed by atoms with van der Waals surface area (Å²) in [6.45, 7) is 4.04. The molecule has 0 fully saturated rings. The standard InChI is InChI=1S/C19H22N2O2/c1-4-5-15-6-8-16(9-7-15)14(2)20-21-19(22)17-10-12-18(23-3)13-11-17/h6-13H,4-5H2,1-3H3,(H,21,22)/b20-14+. The van der Waals surface area contributed by atoms with E-state index in [0.29, 0.717) is 11.3 Å². The van der Waals surface area contributed by atoms with Crippen LogP contribution in [0.25, 0.3) is 0 Å². The molecular weight excluding hydrogens is 288 g/mol. The third-order valence-corrected chi connectivity index (χ3v) is 3.59. The van der Waals surface area contributed by atoms with E-state index in [1.54, 1.807) is 31.4 Å². The molecule has 0 bridgehead atoms. The number of ether oxygens (including phenoxy) is 1. The number of methoxy groups -OCH3 is 1. The highest BCUT2D eigenvalue weighted by Crippen LogP contribution is 2.11. The van der Waals surface area contributed by atoms with E-state index in [9.17, 15) is 4.79 Å². The van der Waals surface area contributed by atoms with Crippen LogP contribution in [0, 0.1) is 0 Å². The Bertz CT molecular complexity index is 674. The maximum Gasteiger partial charge on any atom is 0.271 e. The van der Waals surface area contributed by atoms with Gasteiger partial charge in [0, 0.05) is 5.56 Å². The number of benzene rings is 2. The molecule has 2 aromatic rings. The van der Waals surface area contributed by atoms with E-state index in [4.69, 9.17) is 4.74 Å². The van der Waals surface area contributed by atoms with E-state index in [2.05, 4.69) is 29.6 Å². The van der Waals surface area contributed by atoms with Gasteiger partial charge in [-0.25, -0.2) is 5.43 Å². The summed E-state index contributed by atoms with van der Waals surface area (Å²) in [6, 6.07) is 15.2. The zero-order chi connectivity index (χ0) is 16.7. The van der Waals surface area contributed by atoms with Crippen molar-refractivity contribution in [3.05, 3.63) is 65.2 Å². The Morgan fingerprint density at radius 3 is 2.22 bits per heavy atom. The number of hydrogen-bond donors (Lipinski definition) is 1. The number of carbonyl (C=O) groups is 1. The van der Waals surface area contributed by atoms with Gasteiger partial charge in [-0.05, 0) is 48.7 Å². The third-order valence-electron chi connectivity index (χ3n) is 3.59. The Kier molecular flexibility index (Phi) is 5.92. The topological polar surface area (TPSA) is 50.7 Å². The van der Waals surface area contributed by atoms with Crippen molar-refractivity contribution in [2.24, 2.45) is 5.10 Å². The average Bonchev–Trinajstić information content (AvgIpc) is 2.60. The molecule has 0 saturated carbocycles. The lowest BCUT2D eigenvalue weighted by molar-refractivity contribution is 0.0955. The molecule has 1 amide bonds. The Hall–Kier alpha value is -2.62. The van der Waals surface area contributed by atoms with Crippen molar-refractivity contribution in [2.75, 3.05) is 7.11 Å². The quantitative estimate of drug-likeness (QED) is 0.651. The van der Waals surface area contributed by atoms with Crippen molar-refractivity contribution < 1.29 is 9.53 Å². The number of amides is 1. The molecule has 0 radical (unpaired) electrons. The zero-order valence-electron chi connectivity index (χ0n) is 13.8. The van der Waals surface area contributed by atoms with Crippen LogP contribution in [0.15, 0.2) is 53.6 Å². The van der Waals surface area contributed by atoms with Crippen LogP contribution in [-0.4, -0.2) is 18.7 Å². The average molecular weight is 310 g/mol. The molecule has 23 heavy (non-hydrogen) atoms. The Balaban J connectivity index is 2.01. The van der Waals surface area contributed by atoms with E-state index in [0.717, 1.165) is 24.1 Å². The van der Waals surface area contributed by atoms with Crippen LogP contribution in [-0.2, 0) is 6.42 Å². The van der Waals surface area contributed by atoms with Gasteiger partial charge in [0.15, 0.2) is 0 Å². The molecule has 120 valence electrons. The lowest BCUT2D eigenvalue weighted by Gasteiger charge is -2.05. The van der Waals surface area contributed by atoms with Gasteiger partial charge in [0.2, 0.25) is 0 Å². The lowest BCUT2D eigenvalue weighted by atomic mass is 10.1. The molecule has 1 N–H and O–H groups in total. The van der Waals surface area contributed by atoms with Gasteiger partial charge in [-0.2, -0.15) is 5.10 Å². The van der Waals surface area contributed by atoms with Gasteiger partial charge in [0.1, 0.15) is 5.75 Å². The molecule has 0 aliphatic carbocycles. The summed E-state index contributed by atoms with van der Waals surface area (Å²) in [6.07, 6.45) is 2.20. The Labute approximate surface area is 137 Å². The van der Waals surface area contributed by atoms with Crippen LogP contribution in [0.4, 0.5) is 0 Å². The number of aryl methyl sites for hydroxylation is 1. The lowest BCUT2D eigenvalue weighted by Crippen LogP contribution is -2.19. The molecule has 0 aliphatic heterocycles. The van der Waals surface area contributed by atoms with E-state index in [-0.39, 0.29) is 5.91 Å². The van der Waals surface area contributed by atoms with Crippen LogP contribution >= 0.6 is 0 Å². The fourth-order valence-electron chi connectivity index (χ4n) is 2.21.